The second-order valence-corrected chi connectivity index (χ2v) is 13.7. The zero-order valence-electron chi connectivity index (χ0n) is 29.3. The fourth-order valence-electron chi connectivity index (χ4n) is 7.05. The number of rotatable bonds is 9. The minimum absolute atomic E-state index is 0.0143. The molecule has 0 fully saturated rings. The van der Waals surface area contributed by atoms with Crippen molar-refractivity contribution in [2.24, 2.45) is 0 Å². The Bertz CT molecular complexity index is 1990. The van der Waals surface area contributed by atoms with Crippen LogP contribution in [0, 0.1) is 0 Å². The van der Waals surface area contributed by atoms with E-state index in [9.17, 15) is 9.59 Å². The largest absolute Gasteiger partial charge is 0.335 e. The van der Waals surface area contributed by atoms with Gasteiger partial charge >= 0.3 is 0 Å². The highest BCUT2D eigenvalue weighted by Crippen LogP contribution is 2.47. The number of amides is 2. The van der Waals surface area contributed by atoms with Gasteiger partial charge in [-0.2, -0.15) is 4.58 Å². The van der Waals surface area contributed by atoms with Gasteiger partial charge in [0.25, 0.3) is 5.91 Å². The lowest BCUT2D eigenvalue weighted by atomic mass is 9.81. The Morgan fingerprint density at radius 3 is 1.86 bits per heavy atom. The van der Waals surface area contributed by atoms with E-state index in [-0.39, 0.29) is 35.7 Å². The topological polar surface area (TPSA) is 46.9 Å². The summed E-state index contributed by atoms with van der Waals surface area (Å²) < 4.78 is 2.15. The zero-order valence-corrected chi connectivity index (χ0v) is 29.3. The number of para-hydroxylation sites is 4. The number of likely N-dealkylation sites (N-methyl/N-ethyl adjacent to an activating group) is 2. The van der Waals surface area contributed by atoms with Crippen LogP contribution < -0.4 is 14.7 Å². The summed E-state index contributed by atoms with van der Waals surface area (Å²) in [7, 11) is 3.66. The maximum absolute atomic E-state index is 13.6. The molecule has 0 spiro atoms. The Kier molecular flexibility index (Phi) is 9.24. The predicted octanol–water partition coefficient (Wildman–Crippen LogP) is 8.18. The van der Waals surface area contributed by atoms with Crippen molar-refractivity contribution < 1.29 is 14.2 Å². The van der Waals surface area contributed by atoms with Crippen molar-refractivity contribution in [2.45, 2.75) is 38.5 Å². The molecule has 0 N–H and O–H groups in total. The molecule has 4 aromatic carbocycles. The third-order valence-electron chi connectivity index (χ3n) is 9.95. The van der Waals surface area contributed by atoms with Crippen molar-refractivity contribution in [3.63, 3.8) is 0 Å². The van der Waals surface area contributed by atoms with Gasteiger partial charge in [-0.15, -0.1) is 0 Å². The van der Waals surface area contributed by atoms with Crippen molar-refractivity contribution in [1.82, 2.24) is 0 Å². The number of carbonyl (C=O) groups excluding carboxylic acids is 2. The molecule has 2 aliphatic heterocycles. The number of benzene rings is 4. The van der Waals surface area contributed by atoms with E-state index < -0.39 is 0 Å². The van der Waals surface area contributed by atoms with Crippen LogP contribution in [0.3, 0.4) is 0 Å². The molecule has 0 saturated carbocycles. The third-order valence-corrected chi connectivity index (χ3v) is 9.95. The molecular formula is C43H45N4O2+. The number of hydrogen-bond acceptors (Lipinski definition) is 3. The Balaban J connectivity index is 1.28. The van der Waals surface area contributed by atoms with Crippen LogP contribution in [0.4, 0.5) is 22.7 Å². The Morgan fingerprint density at radius 2 is 1.20 bits per heavy atom. The van der Waals surface area contributed by atoms with Crippen molar-refractivity contribution in [2.75, 3.05) is 41.9 Å². The van der Waals surface area contributed by atoms with Gasteiger partial charge in [0.2, 0.25) is 18.1 Å². The normalized spacial score (nSPS) is 16.8. The standard InChI is InChI=1S/C43H45N4O2/c1-42(2)34-24-16-18-26-36(34)46(30-40(48)44(5)32-20-10-7-11-21-32)38(42)28-14-9-15-29-39-43(3,4)35-25-17-19-27-37(35)47(39)31-41(49)45(6)33-22-12-8-13-23-33/h7-29H,30-31H2,1-6H3/q+1. The summed E-state index contributed by atoms with van der Waals surface area (Å²) in [6.45, 7) is 9.30. The minimum atomic E-state index is -0.290. The maximum atomic E-state index is 13.6. The zero-order chi connectivity index (χ0) is 34.8. The first-order valence-electron chi connectivity index (χ1n) is 16.8. The molecule has 6 rings (SSSR count). The first-order valence-corrected chi connectivity index (χ1v) is 16.8. The highest BCUT2D eigenvalue weighted by atomic mass is 16.2. The molecule has 248 valence electrons. The lowest BCUT2D eigenvalue weighted by molar-refractivity contribution is -0.424. The van der Waals surface area contributed by atoms with E-state index in [1.165, 1.54) is 11.1 Å². The SMILES string of the molecule is CN(C(=O)CN1C(=CC=CC=CC2=[N+](CC(=O)N(C)c3ccccc3)c3ccccc3C2(C)C)C(C)(C)c2ccccc21)c1ccccc1. The summed E-state index contributed by atoms with van der Waals surface area (Å²) in [6, 6.07) is 36.2. The molecule has 0 aliphatic carbocycles. The Labute approximate surface area is 290 Å². The second kappa shape index (κ2) is 13.6. The summed E-state index contributed by atoms with van der Waals surface area (Å²) in [4.78, 5) is 32.7. The number of nitrogens with zero attached hydrogens (tertiary/aromatic N) is 4. The average Bonchev–Trinajstić information content (AvgIpc) is 3.46. The predicted molar refractivity (Wildman–Crippen MR) is 202 cm³/mol. The lowest BCUT2D eigenvalue weighted by Gasteiger charge is -2.28. The van der Waals surface area contributed by atoms with Crippen LogP contribution in [-0.4, -0.2) is 49.3 Å². The van der Waals surface area contributed by atoms with E-state index in [1.807, 2.05) is 105 Å². The van der Waals surface area contributed by atoms with Gasteiger partial charge < -0.3 is 14.7 Å². The van der Waals surface area contributed by atoms with Crippen LogP contribution in [0.5, 0.6) is 0 Å². The maximum Gasteiger partial charge on any atom is 0.292 e. The molecule has 6 heteroatoms. The molecule has 2 amide bonds. The smallest absolute Gasteiger partial charge is 0.292 e. The molecule has 49 heavy (non-hydrogen) atoms. The minimum Gasteiger partial charge on any atom is -0.335 e. The number of anilines is 3. The second-order valence-electron chi connectivity index (χ2n) is 13.7. The molecule has 2 aliphatic rings. The van der Waals surface area contributed by atoms with E-state index in [0.29, 0.717) is 0 Å². The van der Waals surface area contributed by atoms with Crippen molar-refractivity contribution in [3.8, 4) is 0 Å². The first-order chi connectivity index (χ1) is 23.5. The van der Waals surface area contributed by atoms with E-state index >= 15 is 0 Å². The quantitative estimate of drug-likeness (QED) is 0.136. The van der Waals surface area contributed by atoms with Crippen LogP contribution in [-0.2, 0) is 20.4 Å². The van der Waals surface area contributed by atoms with Gasteiger partial charge in [0.15, 0.2) is 5.71 Å². The van der Waals surface area contributed by atoms with E-state index in [1.54, 1.807) is 9.80 Å². The summed E-state index contributed by atoms with van der Waals surface area (Å²) in [5.41, 5.74) is 7.78. The molecule has 0 aromatic heterocycles. The van der Waals surface area contributed by atoms with Crippen LogP contribution >= 0.6 is 0 Å². The highest BCUT2D eigenvalue weighted by Gasteiger charge is 2.45. The fraction of sp³-hybridized carbons (Fsp3) is 0.233. The molecule has 0 saturated heterocycles. The van der Waals surface area contributed by atoms with Crippen molar-refractivity contribution >= 4 is 40.3 Å². The lowest BCUT2D eigenvalue weighted by Crippen LogP contribution is -2.38. The average molecular weight is 650 g/mol. The molecular weight excluding hydrogens is 604 g/mol. The van der Waals surface area contributed by atoms with Crippen molar-refractivity contribution in [1.29, 1.82) is 0 Å². The molecule has 0 radical (unpaired) electrons. The summed E-state index contributed by atoms with van der Waals surface area (Å²) in [6.07, 6.45) is 10.4. The third kappa shape index (κ3) is 6.39. The van der Waals surface area contributed by atoms with Crippen LogP contribution in [0.15, 0.2) is 145 Å². The van der Waals surface area contributed by atoms with E-state index in [4.69, 9.17) is 0 Å². The summed E-state index contributed by atoms with van der Waals surface area (Å²) in [5.74, 6) is 0.0286. The molecule has 6 nitrogen and oxygen atoms in total. The van der Waals surface area contributed by atoms with Gasteiger partial charge in [0.1, 0.15) is 6.54 Å². The fourth-order valence-corrected chi connectivity index (χ4v) is 7.05. The van der Waals surface area contributed by atoms with Gasteiger partial charge in [-0.3, -0.25) is 9.59 Å². The van der Waals surface area contributed by atoms with Gasteiger partial charge in [0, 0.05) is 60.0 Å². The number of fused-ring (bicyclic) bond motifs is 2. The Hall–Kier alpha value is -5.49. The van der Waals surface area contributed by atoms with E-state index in [0.717, 1.165) is 34.2 Å². The van der Waals surface area contributed by atoms with Gasteiger partial charge in [0.05, 0.1) is 5.41 Å². The highest BCUT2D eigenvalue weighted by molar-refractivity contribution is 6.04. The first kappa shape index (κ1) is 33.4. The van der Waals surface area contributed by atoms with Gasteiger partial charge in [-0.05, 0) is 55.8 Å². The van der Waals surface area contributed by atoms with Gasteiger partial charge in [-0.1, -0.05) is 105 Å². The molecule has 4 aromatic rings. The molecule has 2 heterocycles. The monoisotopic (exact) mass is 649 g/mol. The number of hydrogen-bond donors (Lipinski definition) is 0. The van der Waals surface area contributed by atoms with E-state index in [2.05, 4.69) is 85.7 Å². The molecule has 0 unspecified atom stereocenters. The molecule has 0 bridgehead atoms. The van der Waals surface area contributed by atoms with Gasteiger partial charge in [-0.25, -0.2) is 0 Å². The summed E-state index contributed by atoms with van der Waals surface area (Å²) in [5, 5.41) is 0. The van der Waals surface area contributed by atoms with Crippen LogP contribution in [0.25, 0.3) is 0 Å². The summed E-state index contributed by atoms with van der Waals surface area (Å²) >= 11 is 0. The van der Waals surface area contributed by atoms with Crippen LogP contribution in [0.2, 0.25) is 0 Å². The number of carbonyl (C=O) groups is 2. The van der Waals surface area contributed by atoms with Crippen molar-refractivity contribution in [3.05, 3.63) is 156 Å². The molecule has 0 atom stereocenters. The van der Waals surface area contributed by atoms with Crippen LogP contribution in [0.1, 0.15) is 38.8 Å². The Morgan fingerprint density at radius 1 is 0.653 bits per heavy atom. The number of allylic oxidation sites excluding steroid dienone is 6.